The minimum absolute atomic E-state index is 0.0696. The first-order chi connectivity index (χ1) is 9.43. The zero-order valence-corrected chi connectivity index (χ0v) is 12.1. The minimum atomic E-state index is -1.19. The van der Waals surface area contributed by atoms with Crippen LogP contribution in [0.4, 0.5) is 0 Å². The van der Waals surface area contributed by atoms with Gasteiger partial charge in [-0.15, -0.1) is 0 Å². The Bertz CT molecular complexity index is 413. The number of rotatable bonds is 7. The van der Waals surface area contributed by atoms with Gasteiger partial charge in [-0.2, -0.15) is 0 Å². The van der Waals surface area contributed by atoms with Crippen LogP contribution in [-0.2, 0) is 9.53 Å². The number of ether oxygens (including phenoxy) is 2. The molecular weight excluding hydrogens is 260 g/mol. The molecule has 0 saturated carbocycles. The van der Waals surface area contributed by atoms with Crippen molar-refractivity contribution in [3.05, 3.63) is 29.8 Å². The normalized spacial score (nSPS) is 13.9. The largest absolute Gasteiger partial charge is 0.491 e. The van der Waals surface area contributed by atoms with Gasteiger partial charge in [0.05, 0.1) is 25.2 Å². The fraction of sp³-hybridized carbons (Fsp3) is 0.533. The number of hydrogen-bond donors (Lipinski definition) is 2. The Hall–Kier alpha value is -1.59. The molecule has 2 N–H and O–H groups in total. The van der Waals surface area contributed by atoms with Crippen LogP contribution in [0.1, 0.15) is 38.9 Å². The molecule has 1 rings (SSSR count). The second-order valence-corrected chi connectivity index (χ2v) is 4.76. The van der Waals surface area contributed by atoms with E-state index in [-0.39, 0.29) is 19.1 Å². The molecule has 0 spiro atoms. The van der Waals surface area contributed by atoms with Gasteiger partial charge in [0, 0.05) is 0 Å². The van der Waals surface area contributed by atoms with Crippen LogP contribution in [0.15, 0.2) is 24.3 Å². The summed E-state index contributed by atoms with van der Waals surface area (Å²) in [6.45, 7) is 5.79. The van der Waals surface area contributed by atoms with Crippen molar-refractivity contribution in [2.45, 2.75) is 45.5 Å². The average molecular weight is 282 g/mol. The van der Waals surface area contributed by atoms with Crippen molar-refractivity contribution in [2.24, 2.45) is 0 Å². The lowest BCUT2D eigenvalue weighted by Gasteiger charge is -2.18. The molecule has 0 amide bonds. The number of carbonyl (C=O) groups excluding carboxylic acids is 1. The van der Waals surface area contributed by atoms with Gasteiger partial charge >= 0.3 is 5.97 Å². The molecule has 0 saturated heterocycles. The van der Waals surface area contributed by atoms with Crippen LogP contribution < -0.4 is 4.74 Å². The molecular formula is C15H22O5. The van der Waals surface area contributed by atoms with E-state index in [4.69, 9.17) is 9.47 Å². The Kier molecular flexibility index (Phi) is 6.48. The number of aliphatic hydroxyl groups excluding tert-OH is 2. The summed E-state index contributed by atoms with van der Waals surface area (Å²) in [4.78, 5) is 11.3. The molecule has 5 heteroatoms. The lowest BCUT2D eigenvalue weighted by Crippen LogP contribution is -2.23. The zero-order valence-electron chi connectivity index (χ0n) is 12.1. The van der Waals surface area contributed by atoms with Crippen LogP contribution in [0.25, 0.3) is 0 Å². The highest BCUT2D eigenvalue weighted by atomic mass is 16.5. The number of carbonyl (C=O) groups is 1. The minimum Gasteiger partial charge on any atom is -0.491 e. The van der Waals surface area contributed by atoms with Crippen molar-refractivity contribution in [1.82, 2.24) is 0 Å². The molecule has 0 bridgehead atoms. The Balaban J connectivity index is 2.62. The number of esters is 1. The topological polar surface area (TPSA) is 76.0 Å². The van der Waals surface area contributed by atoms with E-state index in [0.717, 1.165) is 0 Å². The molecule has 0 fully saturated rings. The van der Waals surface area contributed by atoms with Gasteiger partial charge < -0.3 is 19.7 Å². The summed E-state index contributed by atoms with van der Waals surface area (Å²) in [6.07, 6.45) is -2.49. The molecule has 0 aliphatic heterocycles. The van der Waals surface area contributed by atoms with Crippen LogP contribution in [-0.4, -0.2) is 35.0 Å². The monoisotopic (exact) mass is 282 g/mol. The summed E-state index contributed by atoms with van der Waals surface area (Å²) in [7, 11) is 0. The van der Waals surface area contributed by atoms with Crippen LogP contribution in [0.3, 0.4) is 0 Å². The van der Waals surface area contributed by atoms with Crippen LogP contribution in [0, 0.1) is 0 Å². The van der Waals surface area contributed by atoms with Gasteiger partial charge in [0.1, 0.15) is 11.9 Å². The van der Waals surface area contributed by atoms with E-state index in [0.29, 0.717) is 11.3 Å². The third-order valence-corrected chi connectivity index (χ3v) is 2.64. The van der Waals surface area contributed by atoms with E-state index in [2.05, 4.69) is 0 Å². The van der Waals surface area contributed by atoms with Crippen molar-refractivity contribution in [3.8, 4) is 5.75 Å². The van der Waals surface area contributed by atoms with Crippen LogP contribution in [0.5, 0.6) is 5.75 Å². The first-order valence-electron chi connectivity index (χ1n) is 6.72. The first kappa shape index (κ1) is 16.5. The van der Waals surface area contributed by atoms with Crippen molar-refractivity contribution in [1.29, 1.82) is 0 Å². The van der Waals surface area contributed by atoms with Gasteiger partial charge in [-0.1, -0.05) is 12.1 Å². The molecule has 2 unspecified atom stereocenters. The summed E-state index contributed by atoms with van der Waals surface area (Å²) >= 11 is 0. The third kappa shape index (κ3) is 5.19. The van der Waals surface area contributed by atoms with Gasteiger partial charge in [0.2, 0.25) is 0 Å². The SMILES string of the molecule is CCOC(=O)CC(O)C(O)c1ccc(OC(C)C)cc1. The van der Waals surface area contributed by atoms with Gasteiger partial charge in [0.25, 0.3) is 0 Å². The molecule has 0 heterocycles. The lowest BCUT2D eigenvalue weighted by atomic mass is 10.0. The van der Waals surface area contributed by atoms with Gasteiger partial charge in [-0.3, -0.25) is 4.79 Å². The Morgan fingerprint density at radius 3 is 2.30 bits per heavy atom. The molecule has 0 radical (unpaired) electrons. The maximum Gasteiger partial charge on any atom is 0.308 e. The maximum absolute atomic E-state index is 11.3. The fourth-order valence-corrected chi connectivity index (χ4v) is 1.74. The molecule has 1 aromatic rings. The van der Waals surface area contributed by atoms with Gasteiger partial charge in [0.15, 0.2) is 0 Å². The molecule has 20 heavy (non-hydrogen) atoms. The van der Waals surface area contributed by atoms with Crippen molar-refractivity contribution >= 4 is 5.97 Å². The van der Waals surface area contributed by atoms with E-state index in [1.165, 1.54) is 0 Å². The molecule has 112 valence electrons. The van der Waals surface area contributed by atoms with Crippen molar-refractivity contribution in [3.63, 3.8) is 0 Å². The summed E-state index contributed by atoms with van der Waals surface area (Å²) in [5, 5.41) is 19.8. The highest BCUT2D eigenvalue weighted by Gasteiger charge is 2.22. The molecule has 2 atom stereocenters. The molecule has 1 aromatic carbocycles. The van der Waals surface area contributed by atoms with Crippen molar-refractivity contribution < 1.29 is 24.5 Å². The summed E-state index contributed by atoms with van der Waals surface area (Å²) < 4.78 is 10.2. The molecule has 0 aliphatic rings. The standard InChI is InChI=1S/C15H22O5/c1-4-19-14(17)9-13(16)15(18)11-5-7-12(8-6-11)20-10(2)3/h5-8,10,13,15-16,18H,4,9H2,1-3H3. The maximum atomic E-state index is 11.3. The van der Waals surface area contributed by atoms with E-state index in [1.54, 1.807) is 31.2 Å². The molecule has 5 nitrogen and oxygen atoms in total. The third-order valence-electron chi connectivity index (χ3n) is 2.64. The number of aliphatic hydroxyl groups is 2. The predicted octanol–water partition coefficient (Wildman–Crippen LogP) is 1.82. The Labute approximate surface area is 119 Å². The van der Waals surface area contributed by atoms with Crippen LogP contribution >= 0.6 is 0 Å². The van der Waals surface area contributed by atoms with E-state index >= 15 is 0 Å². The number of benzene rings is 1. The fourth-order valence-electron chi connectivity index (χ4n) is 1.74. The predicted molar refractivity (Wildman–Crippen MR) is 74.4 cm³/mol. The van der Waals surface area contributed by atoms with Crippen LogP contribution in [0.2, 0.25) is 0 Å². The smallest absolute Gasteiger partial charge is 0.308 e. The summed E-state index contributed by atoms with van der Waals surface area (Å²) in [5.41, 5.74) is 0.526. The summed E-state index contributed by atoms with van der Waals surface area (Å²) in [5.74, 6) is 0.162. The molecule has 0 aliphatic carbocycles. The highest BCUT2D eigenvalue weighted by Crippen LogP contribution is 2.22. The number of hydrogen-bond acceptors (Lipinski definition) is 5. The second-order valence-electron chi connectivity index (χ2n) is 4.76. The van der Waals surface area contributed by atoms with E-state index < -0.39 is 18.2 Å². The average Bonchev–Trinajstić information content (AvgIpc) is 2.38. The second kappa shape index (κ2) is 7.87. The summed E-state index contributed by atoms with van der Waals surface area (Å²) in [6, 6.07) is 6.76. The Morgan fingerprint density at radius 2 is 1.80 bits per heavy atom. The first-order valence-corrected chi connectivity index (χ1v) is 6.72. The highest BCUT2D eigenvalue weighted by molar-refractivity contribution is 5.70. The van der Waals surface area contributed by atoms with E-state index in [1.807, 2.05) is 13.8 Å². The molecule has 0 aromatic heterocycles. The quantitative estimate of drug-likeness (QED) is 0.746. The van der Waals surface area contributed by atoms with Crippen molar-refractivity contribution in [2.75, 3.05) is 6.61 Å². The zero-order chi connectivity index (χ0) is 15.1. The van der Waals surface area contributed by atoms with Gasteiger partial charge in [-0.05, 0) is 38.5 Å². The Morgan fingerprint density at radius 1 is 1.20 bits per heavy atom. The van der Waals surface area contributed by atoms with Gasteiger partial charge in [-0.25, -0.2) is 0 Å². The lowest BCUT2D eigenvalue weighted by molar-refractivity contribution is -0.147. The van der Waals surface area contributed by atoms with E-state index in [9.17, 15) is 15.0 Å².